The molecule has 3 heteroatoms. The van der Waals surface area contributed by atoms with Crippen molar-refractivity contribution in [3.63, 3.8) is 0 Å². The summed E-state index contributed by atoms with van der Waals surface area (Å²) in [6, 6.07) is 7.56. The summed E-state index contributed by atoms with van der Waals surface area (Å²) in [7, 11) is 0. The average Bonchev–Trinajstić information content (AvgIpc) is 2.45. The molecular formula is C16H18O2S. The van der Waals surface area contributed by atoms with E-state index in [0.29, 0.717) is 16.7 Å². The zero-order valence-electron chi connectivity index (χ0n) is 11.0. The summed E-state index contributed by atoms with van der Waals surface area (Å²) in [5.41, 5.74) is 1.92. The van der Waals surface area contributed by atoms with E-state index in [1.807, 2.05) is 36.0 Å². The first-order valence-corrected chi connectivity index (χ1v) is 7.86. The van der Waals surface area contributed by atoms with E-state index in [1.54, 1.807) is 0 Å². The van der Waals surface area contributed by atoms with E-state index < -0.39 is 0 Å². The Morgan fingerprint density at radius 2 is 1.84 bits per heavy atom. The summed E-state index contributed by atoms with van der Waals surface area (Å²) in [6.45, 7) is 2.14. The molecule has 1 atom stereocenters. The van der Waals surface area contributed by atoms with E-state index in [-0.39, 0.29) is 0 Å². The van der Waals surface area contributed by atoms with Crippen LogP contribution in [0.5, 0.6) is 11.5 Å². The van der Waals surface area contributed by atoms with E-state index in [1.165, 1.54) is 0 Å². The number of fused-ring (bicyclic) bond motifs is 2. The second-order valence-corrected chi connectivity index (χ2v) is 6.45. The lowest BCUT2D eigenvalue weighted by Gasteiger charge is -2.27. The number of hydrogen-bond acceptors (Lipinski definition) is 3. The van der Waals surface area contributed by atoms with Gasteiger partial charge in [-0.05, 0) is 25.0 Å². The normalized spacial score (nSPS) is 18.5. The fourth-order valence-corrected chi connectivity index (χ4v) is 4.21. The Labute approximate surface area is 117 Å². The van der Waals surface area contributed by atoms with Crippen molar-refractivity contribution < 1.29 is 10.2 Å². The minimum absolute atomic E-state index is 0.309. The Balaban J connectivity index is 2.30. The van der Waals surface area contributed by atoms with Crippen molar-refractivity contribution in [3.8, 4) is 11.5 Å². The lowest BCUT2D eigenvalue weighted by Crippen LogP contribution is -2.08. The van der Waals surface area contributed by atoms with Crippen molar-refractivity contribution in [2.75, 3.05) is 5.75 Å². The van der Waals surface area contributed by atoms with Crippen LogP contribution in [0.2, 0.25) is 0 Å². The molecule has 1 aliphatic rings. The van der Waals surface area contributed by atoms with Crippen molar-refractivity contribution in [2.45, 2.75) is 31.4 Å². The first-order chi connectivity index (χ1) is 9.24. The van der Waals surface area contributed by atoms with E-state index in [2.05, 4.69) is 6.92 Å². The molecule has 0 radical (unpaired) electrons. The van der Waals surface area contributed by atoms with E-state index in [9.17, 15) is 10.2 Å². The molecule has 2 aromatic carbocycles. The highest BCUT2D eigenvalue weighted by Crippen LogP contribution is 2.50. The molecule has 100 valence electrons. The molecule has 1 aliphatic carbocycles. The van der Waals surface area contributed by atoms with Gasteiger partial charge in [-0.2, -0.15) is 11.8 Å². The van der Waals surface area contributed by atoms with Crippen molar-refractivity contribution in [3.05, 3.63) is 35.4 Å². The Bertz CT molecular complexity index is 622. The van der Waals surface area contributed by atoms with Gasteiger partial charge in [-0.1, -0.05) is 31.2 Å². The van der Waals surface area contributed by atoms with Crippen LogP contribution in [0.25, 0.3) is 10.8 Å². The van der Waals surface area contributed by atoms with Crippen molar-refractivity contribution >= 4 is 22.5 Å². The standard InChI is InChI=1S/C16H18O2S/c1-2-19-13-9-5-8-12-14(13)16(18)11-7-4-3-6-10(11)15(12)17/h3-4,6-7,13,17-18H,2,5,8-9H2,1H3. The summed E-state index contributed by atoms with van der Waals surface area (Å²) < 4.78 is 0. The first-order valence-electron chi connectivity index (χ1n) is 6.81. The maximum atomic E-state index is 10.6. The smallest absolute Gasteiger partial charge is 0.128 e. The minimum atomic E-state index is 0.309. The van der Waals surface area contributed by atoms with Crippen LogP contribution in [0, 0.1) is 0 Å². The number of thioether (sulfide) groups is 1. The van der Waals surface area contributed by atoms with Crippen molar-refractivity contribution in [2.24, 2.45) is 0 Å². The Kier molecular flexibility index (Phi) is 3.31. The largest absolute Gasteiger partial charge is 0.507 e. The van der Waals surface area contributed by atoms with Gasteiger partial charge in [0.05, 0.1) is 0 Å². The molecule has 0 bridgehead atoms. The molecule has 2 N–H and O–H groups in total. The summed E-state index contributed by atoms with van der Waals surface area (Å²) in [6.07, 6.45) is 3.02. The summed E-state index contributed by atoms with van der Waals surface area (Å²) in [5, 5.41) is 22.9. The molecule has 0 aromatic heterocycles. The average molecular weight is 274 g/mol. The Morgan fingerprint density at radius 1 is 1.16 bits per heavy atom. The van der Waals surface area contributed by atoms with Crippen LogP contribution in [-0.2, 0) is 6.42 Å². The lowest BCUT2D eigenvalue weighted by atomic mass is 9.87. The van der Waals surface area contributed by atoms with Gasteiger partial charge in [-0.15, -0.1) is 0 Å². The maximum absolute atomic E-state index is 10.6. The van der Waals surface area contributed by atoms with Crippen LogP contribution >= 0.6 is 11.8 Å². The zero-order chi connectivity index (χ0) is 13.4. The van der Waals surface area contributed by atoms with Gasteiger partial charge in [0.15, 0.2) is 0 Å². The Hall–Kier alpha value is -1.35. The van der Waals surface area contributed by atoms with Gasteiger partial charge in [-0.3, -0.25) is 0 Å². The molecule has 3 rings (SSSR count). The fourth-order valence-electron chi connectivity index (χ4n) is 3.05. The summed E-state index contributed by atoms with van der Waals surface area (Å²) in [5.74, 6) is 1.76. The third kappa shape index (κ3) is 1.96. The molecule has 0 heterocycles. The molecule has 0 amide bonds. The van der Waals surface area contributed by atoms with Gasteiger partial charge >= 0.3 is 0 Å². The SMILES string of the molecule is CCSC1CCCc2c1c(O)c1ccccc1c2O. The quantitative estimate of drug-likeness (QED) is 0.798. The predicted molar refractivity (Wildman–Crippen MR) is 81.1 cm³/mol. The monoisotopic (exact) mass is 274 g/mol. The summed E-state index contributed by atoms with van der Waals surface area (Å²) in [4.78, 5) is 0. The highest BCUT2D eigenvalue weighted by molar-refractivity contribution is 7.99. The van der Waals surface area contributed by atoms with Crippen LogP contribution in [0.15, 0.2) is 24.3 Å². The van der Waals surface area contributed by atoms with E-state index >= 15 is 0 Å². The van der Waals surface area contributed by atoms with Crippen LogP contribution in [0.4, 0.5) is 0 Å². The van der Waals surface area contributed by atoms with Gasteiger partial charge in [0.1, 0.15) is 11.5 Å². The highest BCUT2D eigenvalue weighted by atomic mass is 32.2. The lowest BCUT2D eigenvalue weighted by molar-refractivity contribution is 0.448. The second-order valence-electron chi connectivity index (χ2n) is 4.97. The molecule has 1 unspecified atom stereocenters. The first kappa shape index (κ1) is 12.7. The van der Waals surface area contributed by atoms with E-state index in [0.717, 1.165) is 46.9 Å². The molecule has 19 heavy (non-hydrogen) atoms. The maximum Gasteiger partial charge on any atom is 0.128 e. The number of hydrogen-bond donors (Lipinski definition) is 2. The van der Waals surface area contributed by atoms with Gasteiger partial charge < -0.3 is 10.2 Å². The minimum Gasteiger partial charge on any atom is -0.507 e. The number of phenols is 2. The predicted octanol–water partition coefficient (Wildman–Crippen LogP) is 4.38. The fraction of sp³-hybridized carbons (Fsp3) is 0.375. The number of rotatable bonds is 2. The van der Waals surface area contributed by atoms with Gasteiger partial charge in [0.2, 0.25) is 0 Å². The second kappa shape index (κ2) is 4.97. The molecule has 0 saturated carbocycles. The molecular weight excluding hydrogens is 256 g/mol. The van der Waals surface area contributed by atoms with Crippen molar-refractivity contribution in [1.29, 1.82) is 0 Å². The molecule has 2 nitrogen and oxygen atoms in total. The molecule has 0 fully saturated rings. The highest BCUT2D eigenvalue weighted by Gasteiger charge is 2.28. The number of phenolic OH excluding ortho intramolecular Hbond substituents is 2. The molecule has 0 aliphatic heterocycles. The molecule has 2 aromatic rings. The topological polar surface area (TPSA) is 40.5 Å². The van der Waals surface area contributed by atoms with Crippen molar-refractivity contribution in [1.82, 2.24) is 0 Å². The Morgan fingerprint density at radius 3 is 2.53 bits per heavy atom. The van der Waals surface area contributed by atoms with Gasteiger partial charge in [-0.25, -0.2) is 0 Å². The third-order valence-electron chi connectivity index (χ3n) is 3.89. The van der Waals surface area contributed by atoms with Gasteiger partial charge in [0.25, 0.3) is 0 Å². The zero-order valence-corrected chi connectivity index (χ0v) is 11.8. The molecule has 0 saturated heterocycles. The van der Waals surface area contributed by atoms with Crippen LogP contribution in [-0.4, -0.2) is 16.0 Å². The van der Waals surface area contributed by atoms with Gasteiger partial charge in [0, 0.05) is 27.1 Å². The van der Waals surface area contributed by atoms with Crippen LogP contribution in [0.3, 0.4) is 0 Å². The van der Waals surface area contributed by atoms with E-state index in [4.69, 9.17) is 0 Å². The molecule has 0 spiro atoms. The number of aromatic hydroxyl groups is 2. The summed E-state index contributed by atoms with van der Waals surface area (Å²) >= 11 is 1.86. The van der Waals surface area contributed by atoms with Crippen LogP contribution in [0.1, 0.15) is 36.1 Å². The van der Waals surface area contributed by atoms with Crippen LogP contribution < -0.4 is 0 Å². The number of benzene rings is 2. The third-order valence-corrected chi connectivity index (χ3v) is 5.09.